The Hall–Kier alpha value is -1.08. The third kappa shape index (κ3) is 4.21. The molecule has 0 aliphatic heterocycles. The molecule has 2 rings (SSSR count). The van der Waals surface area contributed by atoms with Crippen LogP contribution in [0.5, 0.6) is 0 Å². The summed E-state index contributed by atoms with van der Waals surface area (Å²) in [5.41, 5.74) is 2.86. The lowest BCUT2D eigenvalue weighted by molar-refractivity contribution is 0.401. The molecule has 1 heteroatoms. The molecule has 1 aromatic carbocycles. The van der Waals surface area contributed by atoms with Gasteiger partial charge >= 0.3 is 0 Å². The van der Waals surface area contributed by atoms with E-state index < -0.39 is 0 Å². The van der Waals surface area contributed by atoms with Gasteiger partial charge in [-0.15, -0.1) is 0 Å². The summed E-state index contributed by atoms with van der Waals surface area (Å²) in [6.45, 7) is 5.63. The van der Waals surface area contributed by atoms with Gasteiger partial charge in [0.25, 0.3) is 0 Å². The second-order valence-corrected chi connectivity index (χ2v) is 5.61. The fraction of sp³-hybridized carbons (Fsp3) is 0.556. The molecule has 2 atom stereocenters. The average molecular weight is 257 g/mol. The average Bonchev–Trinajstić information content (AvgIpc) is 2.49. The van der Waals surface area contributed by atoms with Crippen LogP contribution >= 0.6 is 0 Å². The molecule has 0 amide bonds. The van der Waals surface area contributed by atoms with E-state index in [2.05, 4.69) is 55.6 Å². The molecule has 0 saturated carbocycles. The molecule has 0 bridgehead atoms. The first-order valence-electron chi connectivity index (χ1n) is 7.80. The molecular formula is C18H27N. The van der Waals surface area contributed by atoms with Gasteiger partial charge in [-0.3, -0.25) is 0 Å². The van der Waals surface area contributed by atoms with E-state index in [0.717, 1.165) is 25.3 Å². The number of hydrogen-bond acceptors (Lipinski definition) is 1. The van der Waals surface area contributed by atoms with E-state index >= 15 is 0 Å². The van der Waals surface area contributed by atoms with Crippen LogP contribution < -0.4 is 5.32 Å². The topological polar surface area (TPSA) is 12.0 Å². The Labute approximate surface area is 118 Å². The standard InChI is InChI=1S/C18H27N/c1-3-15-10-12-17(13-11-15)18(4-2)19-14-16-8-6-5-7-9-16/h5-6,10-13,16,18-19H,3-4,7-9,14H2,1-2H3. The SMILES string of the molecule is CCc1ccc(C(CC)NCC2CC=CCC2)cc1. The zero-order valence-corrected chi connectivity index (χ0v) is 12.4. The third-order valence-corrected chi connectivity index (χ3v) is 4.23. The maximum Gasteiger partial charge on any atom is 0.0317 e. The Kier molecular flexibility index (Phi) is 5.65. The van der Waals surface area contributed by atoms with E-state index in [0.29, 0.717) is 6.04 Å². The Morgan fingerprint density at radius 2 is 1.95 bits per heavy atom. The maximum atomic E-state index is 3.76. The van der Waals surface area contributed by atoms with Gasteiger partial charge in [-0.1, -0.05) is 50.3 Å². The fourth-order valence-corrected chi connectivity index (χ4v) is 2.83. The van der Waals surface area contributed by atoms with Crippen LogP contribution in [0.2, 0.25) is 0 Å². The second-order valence-electron chi connectivity index (χ2n) is 5.61. The molecule has 2 unspecified atom stereocenters. The quantitative estimate of drug-likeness (QED) is 0.732. The molecule has 0 spiro atoms. The molecule has 0 aromatic heterocycles. The number of rotatable bonds is 6. The lowest BCUT2D eigenvalue weighted by atomic mass is 9.93. The van der Waals surface area contributed by atoms with Crippen molar-refractivity contribution in [3.63, 3.8) is 0 Å². The van der Waals surface area contributed by atoms with Crippen molar-refractivity contribution in [3.8, 4) is 0 Å². The highest BCUT2D eigenvalue weighted by atomic mass is 14.9. The Balaban J connectivity index is 1.89. The van der Waals surface area contributed by atoms with Gasteiger partial charge in [0, 0.05) is 6.04 Å². The maximum absolute atomic E-state index is 3.76. The van der Waals surface area contributed by atoms with E-state index in [1.165, 1.54) is 30.4 Å². The number of nitrogens with one attached hydrogen (secondary N) is 1. The van der Waals surface area contributed by atoms with Crippen molar-refractivity contribution in [1.29, 1.82) is 0 Å². The van der Waals surface area contributed by atoms with E-state index in [-0.39, 0.29) is 0 Å². The highest BCUT2D eigenvalue weighted by Crippen LogP contribution is 2.21. The van der Waals surface area contributed by atoms with E-state index in [4.69, 9.17) is 0 Å². The first-order chi connectivity index (χ1) is 9.33. The Morgan fingerprint density at radius 3 is 2.53 bits per heavy atom. The molecule has 19 heavy (non-hydrogen) atoms. The van der Waals surface area contributed by atoms with E-state index in [1.54, 1.807) is 0 Å². The fourth-order valence-electron chi connectivity index (χ4n) is 2.83. The number of aryl methyl sites for hydroxylation is 1. The summed E-state index contributed by atoms with van der Waals surface area (Å²) in [4.78, 5) is 0. The predicted octanol–water partition coefficient (Wildman–Crippen LogP) is 4.65. The molecule has 1 nitrogen and oxygen atoms in total. The van der Waals surface area contributed by atoms with Crippen molar-refractivity contribution in [2.75, 3.05) is 6.54 Å². The molecule has 0 heterocycles. The van der Waals surface area contributed by atoms with Crippen molar-refractivity contribution >= 4 is 0 Å². The summed E-state index contributed by atoms with van der Waals surface area (Å²) in [7, 11) is 0. The van der Waals surface area contributed by atoms with Gasteiger partial charge in [0.1, 0.15) is 0 Å². The highest BCUT2D eigenvalue weighted by Gasteiger charge is 2.13. The minimum absolute atomic E-state index is 0.511. The number of hydrogen-bond donors (Lipinski definition) is 1. The molecule has 0 radical (unpaired) electrons. The van der Waals surface area contributed by atoms with Gasteiger partial charge in [-0.05, 0) is 55.7 Å². The van der Waals surface area contributed by atoms with Crippen LogP contribution in [0.25, 0.3) is 0 Å². The van der Waals surface area contributed by atoms with Crippen LogP contribution in [0.3, 0.4) is 0 Å². The molecular weight excluding hydrogens is 230 g/mol. The molecule has 1 aromatic rings. The van der Waals surface area contributed by atoms with Crippen LogP contribution in [0.1, 0.15) is 56.7 Å². The van der Waals surface area contributed by atoms with Crippen molar-refractivity contribution in [2.45, 2.75) is 52.0 Å². The molecule has 1 N–H and O–H groups in total. The minimum Gasteiger partial charge on any atom is -0.310 e. The van der Waals surface area contributed by atoms with Crippen molar-refractivity contribution < 1.29 is 0 Å². The van der Waals surface area contributed by atoms with Gasteiger partial charge in [-0.2, -0.15) is 0 Å². The molecule has 0 fully saturated rings. The first kappa shape index (κ1) is 14.3. The van der Waals surface area contributed by atoms with Crippen LogP contribution in [-0.4, -0.2) is 6.54 Å². The molecule has 1 aliphatic rings. The van der Waals surface area contributed by atoms with Gasteiger partial charge in [-0.25, -0.2) is 0 Å². The summed E-state index contributed by atoms with van der Waals surface area (Å²) in [5.74, 6) is 0.828. The van der Waals surface area contributed by atoms with Crippen molar-refractivity contribution in [2.24, 2.45) is 5.92 Å². The summed E-state index contributed by atoms with van der Waals surface area (Å²) >= 11 is 0. The van der Waals surface area contributed by atoms with Gasteiger partial charge in [0.2, 0.25) is 0 Å². The second kappa shape index (κ2) is 7.49. The number of benzene rings is 1. The highest BCUT2D eigenvalue weighted by molar-refractivity contribution is 5.25. The molecule has 104 valence electrons. The van der Waals surface area contributed by atoms with Crippen LogP contribution in [0.15, 0.2) is 36.4 Å². The molecule has 1 aliphatic carbocycles. The zero-order valence-electron chi connectivity index (χ0n) is 12.4. The van der Waals surface area contributed by atoms with Gasteiger partial charge in [0.05, 0.1) is 0 Å². The minimum atomic E-state index is 0.511. The van der Waals surface area contributed by atoms with Gasteiger partial charge in [0.15, 0.2) is 0 Å². The van der Waals surface area contributed by atoms with Crippen molar-refractivity contribution in [3.05, 3.63) is 47.5 Å². The summed E-state index contributed by atoms with van der Waals surface area (Å²) in [5, 5.41) is 3.76. The van der Waals surface area contributed by atoms with Crippen molar-refractivity contribution in [1.82, 2.24) is 5.32 Å². The summed E-state index contributed by atoms with van der Waals surface area (Å²) in [6.07, 6.45) is 10.8. The van der Waals surface area contributed by atoms with Crippen LogP contribution in [0.4, 0.5) is 0 Å². The number of allylic oxidation sites excluding steroid dienone is 2. The first-order valence-corrected chi connectivity index (χ1v) is 7.80. The smallest absolute Gasteiger partial charge is 0.0317 e. The Morgan fingerprint density at radius 1 is 1.16 bits per heavy atom. The lowest BCUT2D eigenvalue weighted by Crippen LogP contribution is -2.27. The third-order valence-electron chi connectivity index (χ3n) is 4.23. The molecule has 0 saturated heterocycles. The van der Waals surface area contributed by atoms with Gasteiger partial charge < -0.3 is 5.32 Å². The Bertz CT molecular complexity index is 391. The largest absolute Gasteiger partial charge is 0.310 e. The van der Waals surface area contributed by atoms with E-state index in [1.807, 2.05) is 0 Å². The summed E-state index contributed by atoms with van der Waals surface area (Å²) in [6, 6.07) is 9.63. The lowest BCUT2D eigenvalue weighted by Gasteiger charge is -2.23. The van der Waals surface area contributed by atoms with E-state index in [9.17, 15) is 0 Å². The van der Waals surface area contributed by atoms with Crippen LogP contribution in [0, 0.1) is 5.92 Å². The monoisotopic (exact) mass is 257 g/mol. The zero-order chi connectivity index (χ0) is 13.5. The summed E-state index contributed by atoms with van der Waals surface area (Å²) < 4.78 is 0. The normalized spacial score (nSPS) is 20.4. The predicted molar refractivity (Wildman–Crippen MR) is 83.3 cm³/mol. The van der Waals surface area contributed by atoms with Crippen LogP contribution in [-0.2, 0) is 6.42 Å².